The Bertz CT molecular complexity index is 271. The summed E-state index contributed by atoms with van der Waals surface area (Å²) in [4.78, 5) is 19.8. The van der Waals surface area contributed by atoms with E-state index in [2.05, 4.69) is 0 Å². The van der Waals surface area contributed by atoms with Crippen LogP contribution >= 0.6 is 0 Å². The van der Waals surface area contributed by atoms with Crippen molar-refractivity contribution in [2.45, 2.75) is 0 Å². The van der Waals surface area contributed by atoms with Gasteiger partial charge >= 0.3 is 116 Å². The van der Waals surface area contributed by atoms with Gasteiger partial charge in [0.1, 0.15) is 6.07 Å². The monoisotopic (exact) mass is 338 g/mol. The fourth-order valence-corrected chi connectivity index (χ4v) is 0.373. The number of carbonyl (C=O) groups excluding carboxylic acids is 2. The maximum absolute atomic E-state index is 10.0. The zero-order valence-electron chi connectivity index (χ0n) is 7.86. The third-order valence-electron chi connectivity index (χ3n) is 0.833. The number of carboxylic acids is 2. The Morgan fingerprint density at radius 1 is 1.36 bits per heavy atom. The number of aliphatic carboxylic acids is 2. The predicted molar refractivity (Wildman–Crippen MR) is 31.7 cm³/mol. The molecule has 0 amide bonds. The van der Waals surface area contributed by atoms with Crippen LogP contribution in [0.5, 0.6) is 0 Å². The first kappa shape index (κ1) is 20.9. The Morgan fingerprint density at radius 2 is 1.86 bits per heavy atom. The fourth-order valence-electron chi connectivity index (χ4n) is 0.373. The number of carbonyl (C=O) groups is 2. The Labute approximate surface area is 178 Å². The molecule has 8 heteroatoms. The second-order valence-electron chi connectivity index (χ2n) is 1.71. The van der Waals surface area contributed by atoms with Crippen molar-refractivity contribution in [3.05, 3.63) is 11.8 Å². The first-order valence-corrected chi connectivity index (χ1v) is 2.82. The first-order valence-electron chi connectivity index (χ1n) is 2.82. The van der Waals surface area contributed by atoms with E-state index in [1.54, 1.807) is 0 Å². The minimum atomic E-state index is -1.66. The summed E-state index contributed by atoms with van der Waals surface area (Å²) < 4.78 is 0. The molecule has 0 aliphatic rings. The molecule has 0 heterocycles. The van der Waals surface area contributed by atoms with Crippen molar-refractivity contribution in [3.63, 3.8) is 0 Å². The molecule has 0 atom stereocenters. The van der Waals surface area contributed by atoms with Crippen LogP contribution in [0.4, 0.5) is 0 Å². The molecule has 0 aromatic rings. The number of nitriles is 1. The van der Waals surface area contributed by atoms with E-state index in [1.165, 1.54) is 6.07 Å². The first-order chi connectivity index (χ1) is 5.57. The van der Waals surface area contributed by atoms with E-state index < -0.39 is 24.1 Å². The summed E-state index contributed by atoms with van der Waals surface area (Å²) >= 11 is 0. The molecule has 0 bridgehead atoms. The molecule has 0 radical (unpaired) electrons. The van der Waals surface area contributed by atoms with Crippen LogP contribution in [0, 0.1) is 11.3 Å². The maximum Gasteiger partial charge on any atom is 1.00 e. The van der Waals surface area contributed by atoms with Gasteiger partial charge in [0.25, 0.3) is 0 Å². The van der Waals surface area contributed by atoms with Gasteiger partial charge in [-0.1, -0.05) is 0 Å². The van der Waals surface area contributed by atoms with E-state index in [9.17, 15) is 19.8 Å². The van der Waals surface area contributed by atoms with Gasteiger partial charge < -0.3 is 25.1 Å². The standard InChI is InChI=1S/C6H6N2O4.2Rb/c7-1-4(6(11)12)2-8-3-5(9)10;;/h2,8H,3H2,(H,9,10)(H,11,12);;/q;2*+1/p-2/b4-2+;;. The van der Waals surface area contributed by atoms with Crippen LogP contribution in [0.3, 0.4) is 0 Å². The molecular weight excluding hydrogens is 335 g/mol. The molecule has 0 aromatic heterocycles. The second-order valence-corrected chi connectivity index (χ2v) is 1.71. The van der Waals surface area contributed by atoms with Crippen LogP contribution in [0.2, 0.25) is 0 Å². The van der Waals surface area contributed by atoms with E-state index in [0.717, 1.165) is 6.20 Å². The van der Waals surface area contributed by atoms with Gasteiger partial charge in [-0.3, -0.25) is 0 Å². The Kier molecular flexibility index (Phi) is 18.9. The molecule has 6 nitrogen and oxygen atoms in total. The van der Waals surface area contributed by atoms with Gasteiger partial charge in [-0.15, -0.1) is 0 Å². The number of rotatable bonds is 4. The van der Waals surface area contributed by atoms with Crippen LogP contribution in [-0.2, 0) is 9.59 Å². The summed E-state index contributed by atoms with van der Waals surface area (Å²) in [5.74, 6) is -3.06. The molecule has 0 saturated carbocycles. The van der Waals surface area contributed by atoms with Crippen molar-refractivity contribution in [1.29, 1.82) is 5.26 Å². The van der Waals surface area contributed by atoms with E-state index in [4.69, 9.17) is 5.26 Å². The van der Waals surface area contributed by atoms with Crippen molar-refractivity contribution < 1.29 is 136 Å². The molecule has 0 fully saturated rings. The third kappa shape index (κ3) is 11.7. The molecular formula is C6H4N2O4Rb2. The van der Waals surface area contributed by atoms with Gasteiger partial charge in [-0.2, -0.15) is 5.26 Å². The number of carboxylic acid groups (broad SMARTS) is 2. The van der Waals surface area contributed by atoms with Crippen molar-refractivity contribution in [2.75, 3.05) is 6.54 Å². The number of nitrogens with zero attached hydrogens (tertiary/aromatic N) is 1. The number of hydrogen-bond acceptors (Lipinski definition) is 6. The number of nitrogens with one attached hydrogen (secondary N) is 1. The fraction of sp³-hybridized carbons (Fsp3) is 0.167. The average molecular weight is 339 g/mol. The van der Waals surface area contributed by atoms with Crippen LogP contribution < -0.4 is 132 Å². The molecule has 0 aliphatic heterocycles. The summed E-state index contributed by atoms with van der Waals surface area (Å²) in [6.45, 7) is -0.557. The molecule has 0 saturated heterocycles. The second kappa shape index (κ2) is 12.6. The van der Waals surface area contributed by atoms with Crippen LogP contribution in [-0.4, -0.2) is 18.5 Å². The Hall–Kier alpha value is 1.58. The van der Waals surface area contributed by atoms with E-state index in [0.29, 0.717) is 0 Å². The third-order valence-corrected chi connectivity index (χ3v) is 0.833. The largest absolute Gasteiger partial charge is 1.00 e. The van der Waals surface area contributed by atoms with Crippen molar-refractivity contribution in [1.82, 2.24) is 5.32 Å². The van der Waals surface area contributed by atoms with Crippen LogP contribution in [0.15, 0.2) is 11.8 Å². The summed E-state index contributed by atoms with van der Waals surface area (Å²) in [5.41, 5.74) is -0.670. The average Bonchev–Trinajstić information content (AvgIpc) is 1.96. The molecule has 14 heavy (non-hydrogen) atoms. The quantitative estimate of drug-likeness (QED) is 0.402. The minimum Gasteiger partial charge on any atom is -0.548 e. The van der Waals surface area contributed by atoms with Gasteiger partial charge in [-0.05, 0) is 0 Å². The summed E-state index contributed by atoms with van der Waals surface area (Å²) in [6, 6.07) is 1.30. The molecule has 1 N–H and O–H groups in total. The Balaban J connectivity index is -0.000000605. The van der Waals surface area contributed by atoms with E-state index >= 15 is 0 Å². The zero-order valence-corrected chi connectivity index (χ0v) is 17.7. The Morgan fingerprint density at radius 3 is 2.14 bits per heavy atom. The maximum atomic E-state index is 10.0. The van der Waals surface area contributed by atoms with Gasteiger partial charge in [0.05, 0.1) is 24.1 Å². The topological polar surface area (TPSA) is 116 Å². The van der Waals surface area contributed by atoms with Gasteiger partial charge in [0, 0.05) is 6.20 Å². The van der Waals surface area contributed by atoms with Crippen molar-refractivity contribution >= 4 is 11.9 Å². The molecule has 0 unspecified atom stereocenters. The normalized spacial score (nSPS) is 8.64. The molecule has 64 valence electrons. The van der Waals surface area contributed by atoms with Crippen LogP contribution in [0.25, 0.3) is 0 Å². The van der Waals surface area contributed by atoms with E-state index in [1.807, 2.05) is 5.32 Å². The summed E-state index contributed by atoms with van der Waals surface area (Å²) in [7, 11) is 0. The van der Waals surface area contributed by atoms with Gasteiger partial charge in [-0.25, -0.2) is 0 Å². The minimum absolute atomic E-state index is 0. The molecule has 0 spiro atoms. The zero-order chi connectivity index (χ0) is 9.56. The smallest absolute Gasteiger partial charge is 0.548 e. The van der Waals surface area contributed by atoms with Crippen molar-refractivity contribution in [3.8, 4) is 6.07 Å². The van der Waals surface area contributed by atoms with Crippen LogP contribution in [0.1, 0.15) is 0 Å². The van der Waals surface area contributed by atoms with Crippen molar-refractivity contribution in [2.24, 2.45) is 0 Å². The molecule has 0 rings (SSSR count). The SMILES string of the molecule is N#C/C(=C\NCC(=O)[O-])C(=O)[O-].[Rb+].[Rb+]. The van der Waals surface area contributed by atoms with E-state index in [-0.39, 0.29) is 116 Å². The number of hydrogen-bond donors (Lipinski definition) is 1. The molecule has 0 aliphatic carbocycles. The summed E-state index contributed by atoms with van der Waals surface area (Å²) in [5, 5.41) is 30.0. The summed E-state index contributed by atoms with van der Waals surface area (Å²) in [6.07, 6.45) is 0.741. The molecule has 0 aromatic carbocycles. The van der Waals surface area contributed by atoms with Gasteiger partial charge in [0.15, 0.2) is 0 Å². The van der Waals surface area contributed by atoms with Gasteiger partial charge in [0.2, 0.25) is 0 Å². The predicted octanol–water partition coefficient (Wildman–Crippen LogP) is -9.51.